The van der Waals surface area contributed by atoms with E-state index in [1.807, 2.05) is 0 Å². The van der Waals surface area contributed by atoms with Gasteiger partial charge in [-0.15, -0.1) is 0 Å². The summed E-state index contributed by atoms with van der Waals surface area (Å²) in [6.45, 7) is 3.46. The Kier molecular flexibility index (Phi) is 3.94. The predicted octanol–water partition coefficient (Wildman–Crippen LogP) is 1.31. The van der Waals surface area contributed by atoms with Crippen LogP contribution in [0.25, 0.3) is 0 Å². The average Bonchev–Trinajstić information content (AvgIpc) is 3.24. The van der Waals surface area contributed by atoms with E-state index in [0.29, 0.717) is 19.0 Å². The Hall–Kier alpha value is -1.47. The van der Waals surface area contributed by atoms with E-state index in [0.717, 1.165) is 18.6 Å². The summed E-state index contributed by atoms with van der Waals surface area (Å²) in [4.78, 5) is 14.0. The van der Waals surface area contributed by atoms with Crippen LogP contribution in [0.3, 0.4) is 0 Å². The molecule has 7 heteroatoms. The van der Waals surface area contributed by atoms with E-state index in [1.54, 1.807) is 4.90 Å². The molecule has 22 heavy (non-hydrogen) atoms. The lowest BCUT2D eigenvalue weighted by atomic mass is 10.2. The molecule has 0 radical (unpaired) electrons. The maximum atomic E-state index is 12.9. The Bertz CT molecular complexity index is 667. The molecule has 5 nitrogen and oxygen atoms in total. The smallest absolute Gasteiger partial charge is 0.243 e. The van der Waals surface area contributed by atoms with Crippen molar-refractivity contribution in [2.24, 2.45) is 11.8 Å². The van der Waals surface area contributed by atoms with Crippen LogP contribution in [0.5, 0.6) is 0 Å². The van der Waals surface area contributed by atoms with Gasteiger partial charge in [0.05, 0.1) is 4.90 Å². The number of amides is 1. The molecule has 1 aromatic rings. The summed E-state index contributed by atoms with van der Waals surface area (Å²) in [5.41, 5.74) is 0. The Labute approximate surface area is 129 Å². The van der Waals surface area contributed by atoms with Gasteiger partial charge in [-0.25, -0.2) is 12.8 Å². The van der Waals surface area contributed by atoms with Gasteiger partial charge in [0, 0.05) is 32.1 Å². The zero-order chi connectivity index (χ0) is 15.9. The Balaban J connectivity index is 1.65. The van der Waals surface area contributed by atoms with Crippen LogP contribution < -0.4 is 0 Å². The van der Waals surface area contributed by atoms with Gasteiger partial charge in [-0.1, -0.05) is 6.92 Å². The summed E-state index contributed by atoms with van der Waals surface area (Å²) >= 11 is 0. The standard InChI is InChI=1S/C15H19FN2O3S/c1-11-10-14(11)15(19)17-6-8-18(9-7-17)22(20,21)13-4-2-12(16)3-5-13/h2-5,11,14H,6-10H2,1H3/t11-,14-/m0/s1. The topological polar surface area (TPSA) is 57.7 Å². The molecule has 1 aromatic carbocycles. The fourth-order valence-electron chi connectivity index (χ4n) is 2.81. The van der Waals surface area contributed by atoms with Crippen LogP contribution in [-0.2, 0) is 14.8 Å². The summed E-state index contributed by atoms with van der Waals surface area (Å²) in [7, 11) is -3.61. The van der Waals surface area contributed by atoms with Crippen molar-refractivity contribution in [2.45, 2.75) is 18.2 Å². The maximum absolute atomic E-state index is 12.9. The zero-order valence-corrected chi connectivity index (χ0v) is 13.2. The van der Waals surface area contributed by atoms with Crippen LogP contribution in [0.15, 0.2) is 29.2 Å². The summed E-state index contributed by atoms with van der Waals surface area (Å²) in [6, 6.07) is 4.82. The number of hydrogen-bond acceptors (Lipinski definition) is 3. The van der Waals surface area contributed by atoms with Crippen molar-refractivity contribution in [3.8, 4) is 0 Å². The monoisotopic (exact) mass is 326 g/mol. The number of benzene rings is 1. The third-order valence-corrected chi connectivity index (χ3v) is 6.34. The minimum atomic E-state index is -3.61. The van der Waals surface area contributed by atoms with Gasteiger partial charge in [-0.05, 0) is 36.6 Å². The molecule has 1 amide bonds. The number of carbonyl (C=O) groups excluding carboxylic acids is 1. The number of hydrogen-bond donors (Lipinski definition) is 0. The van der Waals surface area contributed by atoms with Gasteiger partial charge in [0.25, 0.3) is 0 Å². The van der Waals surface area contributed by atoms with Crippen molar-refractivity contribution in [1.29, 1.82) is 0 Å². The van der Waals surface area contributed by atoms with Crippen molar-refractivity contribution in [1.82, 2.24) is 9.21 Å². The summed E-state index contributed by atoms with van der Waals surface area (Å²) in [6.07, 6.45) is 0.937. The molecule has 1 saturated carbocycles. The SMILES string of the molecule is C[C@H]1C[C@@H]1C(=O)N1CCN(S(=O)(=O)c2ccc(F)cc2)CC1. The quantitative estimate of drug-likeness (QED) is 0.842. The second kappa shape index (κ2) is 5.62. The van der Waals surface area contributed by atoms with Gasteiger partial charge in [0.1, 0.15) is 5.82 Å². The summed E-state index contributed by atoms with van der Waals surface area (Å²) in [5, 5.41) is 0. The lowest BCUT2D eigenvalue weighted by molar-refractivity contribution is -0.134. The molecule has 120 valence electrons. The maximum Gasteiger partial charge on any atom is 0.243 e. The summed E-state index contributed by atoms with van der Waals surface area (Å²) < 4.78 is 39.2. The van der Waals surface area contributed by atoms with Gasteiger partial charge < -0.3 is 4.90 Å². The van der Waals surface area contributed by atoms with Crippen molar-refractivity contribution in [3.05, 3.63) is 30.1 Å². The molecule has 1 heterocycles. The predicted molar refractivity (Wildman–Crippen MR) is 79.0 cm³/mol. The number of carbonyl (C=O) groups is 1. The Morgan fingerprint density at radius 2 is 1.68 bits per heavy atom. The number of halogens is 1. The molecular formula is C15H19FN2O3S. The second-order valence-corrected chi connectivity index (χ2v) is 7.94. The van der Waals surface area contributed by atoms with Gasteiger partial charge in [-0.3, -0.25) is 4.79 Å². The largest absolute Gasteiger partial charge is 0.340 e. The van der Waals surface area contributed by atoms with Gasteiger partial charge in [0.2, 0.25) is 15.9 Å². The van der Waals surface area contributed by atoms with Crippen molar-refractivity contribution >= 4 is 15.9 Å². The van der Waals surface area contributed by atoms with Crippen LogP contribution in [-0.4, -0.2) is 49.7 Å². The van der Waals surface area contributed by atoms with Gasteiger partial charge >= 0.3 is 0 Å². The molecule has 1 saturated heterocycles. The third-order valence-electron chi connectivity index (χ3n) is 4.43. The number of rotatable bonds is 3. The molecule has 2 fully saturated rings. The molecule has 3 rings (SSSR count). The number of sulfonamides is 1. The molecule has 1 aliphatic carbocycles. The van der Waals surface area contributed by atoms with Crippen LogP contribution in [0, 0.1) is 17.7 Å². The van der Waals surface area contributed by atoms with Gasteiger partial charge in [0.15, 0.2) is 0 Å². The third kappa shape index (κ3) is 2.87. The van der Waals surface area contributed by atoms with Crippen molar-refractivity contribution in [3.63, 3.8) is 0 Å². The molecule has 2 aliphatic rings. The first kappa shape index (κ1) is 15.4. The molecule has 1 aliphatic heterocycles. The molecule has 0 N–H and O–H groups in total. The molecule has 2 atom stereocenters. The lowest BCUT2D eigenvalue weighted by Gasteiger charge is -2.34. The number of piperazine rings is 1. The average molecular weight is 326 g/mol. The minimum Gasteiger partial charge on any atom is -0.340 e. The van der Waals surface area contributed by atoms with E-state index in [1.165, 1.54) is 16.4 Å². The minimum absolute atomic E-state index is 0.0875. The Morgan fingerprint density at radius 3 is 2.18 bits per heavy atom. The highest BCUT2D eigenvalue weighted by atomic mass is 32.2. The fourth-order valence-corrected chi connectivity index (χ4v) is 4.23. The molecule has 0 aromatic heterocycles. The highest BCUT2D eigenvalue weighted by Gasteiger charge is 2.42. The second-order valence-electron chi connectivity index (χ2n) is 6.00. The van der Waals surface area contributed by atoms with E-state index in [9.17, 15) is 17.6 Å². The van der Waals surface area contributed by atoms with E-state index in [-0.39, 0.29) is 29.8 Å². The molecule has 0 spiro atoms. The highest BCUT2D eigenvalue weighted by Crippen LogP contribution is 2.39. The van der Waals surface area contributed by atoms with E-state index < -0.39 is 15.8 Å². The summed E-state index contributed by atoms with van der Waals surface area (Å²) in [5.74, 6) is 0.257. The van der Waals surface area contributed by atoms with E-state index >= 15 is 0 Å². The molecule has 0 unspecified atom stereocenters. The van der Waals surface area contributed by atoms with Gasteiger partial charge in [-0.2, -0.15) is 4.31 Å². The Morgan fingerprint density at radius 1 is 1.14 bits per heavy atom. The van der Waals surface area contributed by atoms with Crippen molar-refractivity contribution < 1.29 is 17.6 Å². The molecule has 0 bridgehead atoms. The van der Waals surface area contributed by atoms with E-state index in [2.05, 4.69) is 6.92 Å². The zero-order valence-electron chi connectivity index (χ0n) is 12.4. The molecular weight excluding hydrogens is 307 g/mol. The first-order chi connectivity index (χ1) is 10.4. The first-order valence-electron chi connectivity index (χ1n) is 7.44. The lowest BCUT2D eigenvalue weighted by Crippen LogP contribution is -2.51. The van der Waals surface area contributed by atoms with Crippen LogP contribution >= 0.6 is 0 Å². The first-order valence-corrected chi connectivity index (χ1v) is 8.88. The highest BCUT2D eigenvalue weighted by molar-refractivity contribution is 7.89. The van der Waals surface area contributed by atoms with Crippen molar-refractivity contribution in [2.75, 3.05) is 26.2 Å². The number of nitrogens with zero attached hydrogens (tertiary/aromatic N) is 2. The van der Waals surface area contributed by atoms with Crippen LogP contribution in [0.4, 0.5) is 4.39 Å². The normalized spacial score (nSPS) is 26.0. The fraction of sp³-hybridized carbons (Fsp3) is 0.533. The van der Waals surface area contributed by atoms with Crippen LogP contribution in [0.1, 0.15) is 13.3 Å². The van der Waals surface area contributed by atoms with Crippen LogP contribution in [0.2, 0.25) is 0 Å². The van der Waals surface area contributed by atoms with E-state index in [4.69, 9.17) is 0 Å².